The highest BCUT2D eigenvalue weighted by Crippen LogP contribution is 2.73. The Bertz CT molecular complexity index is 2770. The highest BCUT2D eigenvalue weighted by atomic mass is 32.3. The van der Waals surface area contributed by atoms with Crippen molar-refractivity contribution in [3.05, 3.63) is 200 Å². The Kier molecular flexibility index (Phi) is 6.93. The molecule has 2 aromatic heterocycles. The van der Waals surface area contributed by atoms with Gasteiger partial charge in [-0.1, -0.05) is 127 Å². The summed E-state index contributed by atoms with van der Waals surface area (Å²) in [7, 11) is -1.98. The van der Waals surface area contributed by atoms with E-state index < -0.39 is 10.0 Å². The molecule has 0 fully saturated rings. The zero-order valence-corrected chi connectivity index (χ0v) is 28.6. The molecule has 3 heteroatoms. The standard InChI is InChI=1S/C48H33NOS/c1-3-18-36(19-4-1)51(37-20-5-2-6-21-37,38-22-13-16-34(32-38)40-27-15-28-44-43-26-9-12-31-47(43)50-48(40)44)39-23-14-17-35(33-39)49-45-29-10-7-24-41(45)42-25-8-11-30-46(42)49/h1-33H. The molecule has 0 radical (unpaired) electrons. The Morgan fingerprint density at radius 2 is 0.882 bits per heavy atom. The molecule has 0 unspecified atom stereocenters. The average Bonchev–Trinajstić information content (AvgIpc) is 3.76. The van der Waals surface area contributed by atoms with Gasteiger partial charge in [0, 0.05) is 52.4 Å². The fourth-order valence-corrected chi connectivity index (χ4v) is 11.8. The molecule has 0 spiro atoms. The van der Waals surface area contributed by atoms with Gasteiger partial charge in [0.15, 0.2) is 0 Å². The fraction of sp³-hybridized carbons (Fsp3) is 0. The van der Waals surface area contributed by atoms with Gasteiger partial charge in [0.1, 0.15) is 11.2 Å². The molecule has 2 nitrogen and oxygen atoms in total. The molecule has 0 amide bonds. The van der Waals surface area contributed by atoms with E-state index in [9.17, 15) is 0 Å². The molecule has 2 heterocycles. The highest BCUT2D eigenvalue weighted by Gasteiger charge is 2.34. The van der Waals surface area contributed by atoms with Crippen molar-refractivity contribution in [2.75, 3.05) is 0 Å². The van der Waals surface area contributed by atoms with Crippen molar-refractivity contribution in [3.8, 4) is 16.8 Å². The van der Waals surface area contributed by atoms with Crippen molar-refractivity contribution in [2.24, 2.45) is 0 Å². The average molecular weight is 672 g/mol. The lowest BCUT2D eigenvalue weighted by atomic mass is 10.0. The van der Waals surface area contributed by atoms with Crippen LogP contribution in [0.25, 0.3) is 60.6 Å². The van der Waals surface area contributed by atoms with E-state index in [0.717, 1.165) is 38.8 Å². The molecule has 0 saturated heterocycles. The molecule has 10 rings (SSSR count). The summed E-state index contributed by atoms with van der Waals surface area (Å²) in [6.45, 7) is 0. The molecular weight excluding hydrogens is 639 g/mol. The fourth-order valence-electron chi connectivity index (χ4n) is 7.91. The number of rotatable bonds is 6. The minimum absolute atomic E-state index is 0.909. The predicted octanol–water partition coefficient (Wildman–Crippen LogP) is 13.7. The molecule has 0 saturated carbocycles. The lowest BCUT2D eigenvalue weighted by Gasteiger charge is -2.42. The number of benzene rings is 8. The summed E-state index contributed by atoms with van der Waals surface area (Å²) in [5.41, 5.74) is 7.62. The third-order valence-electron chi connectivity index (χ3n) is 10.1. The summed E-state index contributed by atoms with van der Waals surface area (Å²) in [5.74, 6) is 0. The lowest BCUT2D eigenvalue weighted by Crippen LogP contribution is -2.06. The van der Waals surface area contributed by atoms with E-state index in [-0.39, 0.29) is 0 Å². The Morgan fingerprint density at radius 3 is 1.57 bits per heavy atom. The molecule has 0 bridgehead atoms. The van der Waals surface area contributed by atoms with Gasteiger partial charge in [-0.05, 0) is 78.4 Å². The molecule has 51 heavy (non-hydrogen) atoms. The van der Waals surface area contributed by atoms with Crippen LogP contribution in [0.3, 0.4) is 0 Å². The van der Waals surface area contributed by atoms with Crippen LogP contribution in [0.4, 0.5) is 0 Å². The van der Waals surface area contributed by atoms with Crippen LogP contribution in [-0.4, -0.2) is 4.57 Å². The van der Waals surface area contributed by atoms with E-state index >= 15 is 0 Å². The number of para-hydroxylation sites is 4. The van der Waals surface area contributed by atoms with Crippen LogP contribution in [0.5, 0.6) is 0 Å². The van der Waals surface area contributed by atoms with Gasteiger partial charge in [-0.25, -0.2) is 0 Å². The van der Waals surface area contributed by atoms with Gasteiger partial charge in [0.25, 0.3) is 0 Å². The number of hydrogen-bond acceptors (Lipinski definition) is 1. The second kappa shape index (κ2) is 11.9. The first kappa shape index (κ1) is 29.6. The van der Waals surface area contributed by atoms with Crippen LogP contribution >= 0.6 is 10.0 Å². The number of aromatic nitrogens is 1. The van der Waals surface area contributed by atoms with E-state index in [1.54, 1.807) is 0 Å². The van der Waals surface area contributed by atoms with Crippen molar-refractivity contribution < 1.29 is 4.42 Å². The molecule has 0 aliphatic heterocycles. The Balaban J connectivity index is 1.26. The number of furan rings is 1. The quantitative estimate of drug-likeness (QED) is 0.172. The van der Waals surface area contributed by atoms with Crippen molar-refractivity contribution in [2.45, 2.75) is 19.6 Å². The molecule has 8 aromatic carbocycles. The monoisotopic (exact) mass is 671 g/mol. The minimum atomic E-state index is -1.98. The second-order valence-corrected chi connectivity index (χ2v) is 16.0. The smallest absolute Gasteiger partial charge is 0.143 e. The molecular formula is C48H33NOS. The van der Waals surface area contributed by atoms with Gasteiger partial charge in [0.05, 0.1) is 11.0 Å². The van der Waals surface area contributed by atoms with Crippen LogP contribution < -0.4 is 0 Å². The zero-order valence-electron chi connectivity index (χ0n) is 27.8. The summed E-state index contributed by atoms with van der Waals surface area (Å²) < 4.78 is 8.97. The molecule has 10 aromatic rings. The largest absolute Gasteiger partial charge is 0.455 e. The summed E-state index contributed by atoms with van der Waals surface area (Å²) in [6.07, 6.45) is 0. The van der Waals surface area contributed by atoms with Crippen LogP contribution in [0.1, 0.15) is 0 Å². The number of hydrogen-bond donors (Lipinski definition) is 0. The maximum Gasteiger partial charge on any atom is 0.143 e. The van der Waals surface area contributed by atoms with Gasteiger partial charge >= 0.3 is 0 Å². The zero-order chi connectivity index (χ0) is 33.8. The highest BCUT2D eigenvalue weighted by molar-refractivity contribution is 8.34. The van der Waals surface area contributed by atoms with Crippen LogP contribution in [0.2, 0.25) is 0 Å². The van der Waals surface area contributed by atoms with Crippen LogP contribution in [-0.2, 0) is 0 Å². The number of nitrogens with zero attached hydrogens (tertiary/aromatic N) is 1. The van der Waals surface area contributed by atoms with E-state index in [2.05, 4.69) is 199 Å². The van der Waals surface area contributed by atoms with Gasteiger partial charge in [-0.15, -0.1) is 10.0 Å². The predicted molar refractivity (Wildman–Crippen MR) is 213 cm³/mol. The second-order valence-electron chi connectivity index (χ2n) is 12.9. The number of fused-ring (bicyclic) bond motifs is 6. The topological polar surface area (TPSA) is 18.1 Å². The Hall–Kier alpha value is -6.29. The van der Waals surface area contributed by atoms with Crippen molar-refractivity contribution >= 4 is 53.8 Å². The maximum absolute atomic E-state index is 6.55. The van der Waals surface area contributed by atoms with E-state index in [1.165, 1.54) is 41.4 Å². The van der Waals surface area contributed by atoms with E-state index in [0.29, 0.717) is 0 Å². The Morgan fingerprint density at radius 1 is 0.373 bits per heavy atom. The Labute approximate surface area is 298 Å². The summed E-state index contributed by atoms with van der Waals surface area (Å²) in [6, 6.07) is 72.9. The van der Waals surface area contributed by atoms with Gasteiger partial charge in [0.2, 0.25) is 0 Å². The first-order valence-electron chi connectivity index (χ1n) is 17.3. The first-order valence-corrected chi connectivity index (χ1v) is 19.0. The lowest BCUT2D eigenvalue weighted by molar-refractivity contribution is 0.670. The first-order chi connectivity index (χ1) is 25.3. The summed E-state index contributed by atoms with van der Waals surface area (Å²) >= 11 is 0. The van der Waals surface area contributed by atoms with Gasteiger partial charge in [-0.3, -0.25) is 0 Å². The summed E-state index contributed by atoms with van der Waals surface area (Å²) in [5, 5.41) is 4.80. The molecule has 242 valence electrons. The van der Waals surface area contributed by atoms with E-state index in [4.69, 9.17) is 4.42 Å². The van der Waals surface area contributed by atoms with Crippen molar-refractivity contribution in [3.63, 3.8) is 0 Å². The maximum atomic E-state index is 6.55. The molecule has 0 atom stereocenters. The molecule has 0 N–H and O–H groups in total. The van der Waals surface area contributed by atoms with E-state index in [1.807, 2.05) is 6.07 Å². The van der Waals surface area contributed by atoms with Crippen LogP contribution in [0, 0.1) is 0 Å². The molecule has 0 aliphatic carbocycles. The normalized spacial score (nSPS) is 12.2. The van der Waals surface area contributed by atoms with Gasteiger partial charge in [-0.2, -0.15) is 0 Å². The SMILES string of the molecule is c1ccc(S(c2ccccc2)(c2cccc(-c3cccc4c3oc3ccccc34)c2)c2cccc(-n3c4ccccc4c4ccccc43)c2)cc1. The van der Waals surface area contributed by atoms with Crippen molar-refractivity contribution in [1.82, 2.24) is 4.57 Å². The van der Waals surface area contributed by atoms with Gasteiger partial charge < -0.3 is 8.98 Å². The summed E-state index contributed by atoms with van der Waals surface area (Å²) in [4.78, 5) is 5.12. The van der Waals surface area contributed by atoms with Crippen LogP contribution in [0.15, 0.2) is 224 Å². The van der Waals surface area contributed by atoms with Crippen molar-refractivity contribution in [1.29, 1.82) is 0 Å². The third kappa shape index (κ3) is 4.59. The third-order valence-corrected chi connectivity index (χ3v) is 14.0. The minimum Gasteiger partial charge on any atom is -0.455 e. The molecule has 0 aliphatic rings.